The van der Waals surface area contributed by atoms with Gasteiger partial charge in [0.15, 0.2) is 11.6 Å². The van der Waals surface area contributed by atoms with E-state index in [0.29, 0.717) is 11.4 Å². The summed E-state index contributed by atoms with van der Waals surface area (Å²) in [6.07, 6.45) is 2.80. The number of halogens is 2. The van der Waals surface area contributed by atoms with Gasteiger partial charge in [-0.25, -0.2) is 13.8 Å². The lowest BCUT2D eigenvalue weighted by Crippen LogP contribution is -2.24. The summed E-state index contributed by atoms with van der Waals surface area (Å²) < 4.78 is 25.8. The van der Waals surface area contributed by atoms with Crippen molar-refractivity contribution in [3.8, 4) is 0 Å². The highest BCUT2D eigenvalue weighted by atomic mass is 19.2. The molecule has 0 aliphatic carbocycles. The van der Waals surface area contributed by atoms with E-state index in [9.17, 15) is 13.6 Å². The van der Waals surface area contributed by atoms with Crippen molar-refractivity contribution >= 4 is 11.7 Å². The second kappa shape index (κ2) is 6.05. The Labute approximate surface area is 114 Å². The summed E-state index contributed by atoms with van der Waals surface area (Å²) in [7, 11) is 1.66. The fraction of sp³-hybridized carbons (Fsp3) is 0.154. The SMILES string of the molecule is CNc1cncc(C(=O)NCc2ccc(F)c(F)c2)n1. The van der Waals surface area contributed by atoms with Crippen LogP contribution in [0.5, 0.6) is 0 Å². The maximum absolute atomic E-state index is 13.0. The Bertz CT molecular complexity index is 634. The van der Waals surface area contributed by atoms with Gasteiger partial charge in [-0.15, -0.1) is 0 Å². The monoisotopic (exact) mass is 278 g/mol. The molecule has 1 aromatic carbocycles. The fourth-order valence-electron chi connectivity index (χ4n) is 1.52. The summed E-state index contributed by atoms with van der Waals surface area (Å²) >= 11 is 0. The molecule has 1 aromatic heterocycles. The van der Waals surface area contributed by atoms with Crippen LogP contribution in [0, 0.1) is 11.6 Å². The number of hydrogen-bond acceptors (Lipinski definition) is 4. The molecule has 0 aliphatic heterocycles. The first-order valence-electron chi connectivity index (χ1n) is 5.82. The van der Waals surface area contributed by atoms with E-state index >= 15 is 0 Å². The van der Waals surface area contributed by atoms with E-state index in [2.05, 4.69) is 20.6 Å². The maximum atomic E-state index is 13.0. The molecule has 2 aromatic rings. The standard InChI is InChI=1S/C13H12F2N4O/c1-16-12-7-17-6-11(19-12)13(20)18-5-8-2-3-9(14)10(15)4-8/h2-4,6-7H,5H2,1H3,(H,16,19)(H,18,20). The summed E-state index contributed by atoms with van der Waals surface area (Å²) in [6, 6.07) is 3.44. The molecule has 0 radical (unpaired) electrons. The van der Waals surface area contributed by atoms with Crippen molar-refractivity contribution in [1.82, 2.24) is 15.3 Å². The van der Waals surface area contributed by atoms with Gasteiger partial charge in [0.05, 0.1) is 12.4 Å². The molecule has 0 fully saturated rings. The molecular weight excluding hydrogens is 266 g/mol. The van der Waals surface area contributed by atoms with E-state index in [1.54, 1.807) is 7.05 Å². The second-order valence-corrected chi connectivity index (χ2v) is 3.97. The summed E-state index contributed by atoms with van der Waals surface area (Å²) in [5.41, 5.74) is 0.592. The van der Waals surface area contributed by atoms with E-state index in [1.165, 1.54) is 18.5 Å². The van der Waals surface area contributed by atoms with Crippen molar-refractivity contribution < 1.29 is 13.6 Å². The summed E-state index contributed by atoms with van der Waals surface area (Å²) in [5.74, 6) is -1.86. The minimum absolute atomic E-state index is 0.0709. The smallest absolute Gasteiger partial charge is 0.271 e. The number of hydrogen-bond donors (Lipinski definition) is 2. The molecule has 2 N–H and O–H groups in total. The molecule has 5 nitrogen and oxygen atoms in total. The van der Waals surface area contributed by atoms with Gasteiger partial charge in [0, 0.05) is 13.6 Å². The van der Waals surface area contributed by atoms with Crippen molar-refractivity contribution in [1.29, 1.82) is 0 Å². The van der Waals surface area contributed by atoms with E-state index in [0.717, 1.165) is 12.1 Å². The zero-order valence-corrected chi connectivity index (χ0v) is 10.7. The molecule has 0 spiro atoms. The normalized spacial score (nSPS) is 10.2. The van der Waals surface area contributed by atoms with Crippen LogP contribution >= 0.6 is 0 Å². The summed E-state index contributed by atoms with van der Waals surface area (Å²) in [4.78, 5) is 19.7. The number of benzene rings is 1. The lowest BCUT2D eigenvalue weighted by Gasteiger charge is -2.06. The van der Waals surface area contributed by atoms with E-state index in [1.807, 2.05) is 0 Å². The zero-order chi connectivity index (χ0) is 14.5. The molecule has 104 valence electrons. The molecule has 0 bridgehead atoms. The number of carbonyl (C=O) groups is 1. The van der Waals surface area contributed by atoms with Gasteiger partial charge >= 0.3 is 0 Å². The third kappa shape index (κ3) is 3.25. The Morgan fingerprint density at radius 1 is 1.25 bits per heavy atom. The van der Waals surface area contributed by atoms with Crippen LogP contribution in [0.15, 0.2) is 30.6 Å². The maximum Gasteiger partial charge on any atom is 0.271 e. The lowest BCUT2D eigenvalue weighted by molar-refractivity contribution is 0.0945. The van der Waals surface area contributed by atoms with Crippen molar-refractivity contribution in [2.45, 2.75) is 6.54 Å². The Morgan fingerprint density at radius 3 is 2.75 bits per heavy atom. The van der Waals surface area contributed by atoms with Crippen LogP contribution in [0.25, 0.3) is 0 Å². The van der Waals surface area contributed by atoms with Crippen LogP contribution in [0.2, 0.25) is 0 Å². The van der Waals surface area contributed by atoms with Gasteiger partial charge in [-0.3, -0.25) is 9.78 Å². The van der Waals surface area contributed by atoms with Crippen LogP contribution in [0.1, 0.15) is 16.1 Å². The average molecular weight is 278 g/mol. The predicted molar refractivity (Wildman–Crippen MR) is 69.1 cm³/mol. The number of carbonyl (C=O) groups excluding carboxylic acids is 1. The van der Waals surface area contributed by atoms with Crippen molar-refractivity contribution in [2.24, 2.45) is 0 Å². The third-order valence-electron chi connectivity index (χ3n) is 2.56. The highest BCUT2D eigenvalue weighted by Gasteiger charge is 2.09. The third-order valence-corrected chi connectivity index (χ3v) is 2.56. The fourth-order valence-corrected chi connectivity index (χ4v) is 1.52. The molecule has 0 saturated heterocycles. The Hall–Kier alpha value is -2.57. The summed E-state index contributed by atoms with van der Waals surface area (Å²) in [6.45, 7) is 0.0709. The van der Waals surface area contributed by atoms with Crippen LogP contribution in [0.4, 0.5) is 14.6 Å². The largest absolute Gasteiger partial charge is 0.372 e. The molecule has 1 amide bonds. The van der Waals surface area contributed by atoms with Gasteiger partial charge in [-0.2, -0.15) is 0 Å². The Morgan fingerprint density at radius 2 is 2.05 bits per heavy atom. The molecule has 1 heterocycles. The molecule has 0 aliphatic rings. The molecule has 0 atom stereocenters. The molecule has 0 saturated carbocycles. The number of nitrogens with one attached hydrogen (secondary N) is 2. The molecule has 2 rings (SSSR count). The molecule has 7 heteroatoms. The topological polar surface area (TPSA) is 66.9 Å². The lowest BCUT2D eigenvalue weighted by atomic mass is 10.2. The van der Waals surface area contributed by atoms with Crippen molar-refractivity contribution in [2.75, 3.05) is 12.4 Å². The number of aromatic nitrogens is 2. The minimum atomic E-state index is -0.950. The van der Waals surface area contributed by atoms with Gasteiger partial charge in [-0.05, 0) is 17.7 Å². The first-order chi connectivity index (χ1) is 9.60. The van der Waals surface area contributed by atoms with Crippen LogP contribution in [-0.4, -0.2) is 22.9 Å². The predicted octanol–water partition coefficient (Wildman–Crippen LogP) is 1.73. The first-order valence-corrected chi connectivity index (χ1v) is 5.82. The number of nitrogens with zero attached hydrogens (tertiary/aromatic N) is 2. The van der Waals surface area contributed by atoms with E-state index in [-0.39, 0.29) is 12.2 Å². The minimum Gasteiger partial charge on any atom is -0.372 e. The number of amides is 1. The van der Waals surface area contributed by atoms with E-state index < -0.39 is 17.5 Å². The zero-order valence-electron chi connectivity index (χ0n) is 10.7. The average Bonchev–Trinajstić information content (AvgIpc) is 2.48. The van der Waals surface area contributed by atoms with Crippen LogP contribution in [0.3, 0.4) is 0 Å². The highest BCUT2D eigenvalue weighted by molar-refractivity contribution is 5.92. The van der Waals surface area contributed by atoms with Gasteiger partial charge in [0.2, 0.25) is 0 Å². The molecular formula is C13H12F2N4O. The Balaban J connectivity index is 2.02. The van der Waals surface area contributed by atoms with Gasteiger partial charge in [0.1, 0.15) is 11.5 Å². The van der Waals surface area contributed by atoms with Gasteiger partial charge in [0.25, 0.3) is 5.91 Å². The van der Waals surface area contributed by atoms with Crippen molar-refractivity contribution in [3.63, 3.8) is 0 Å². The number of rotatable bonds is 4. The quantitative estimate of drug-likeness (QED) is 0.893. The van der Waals surface area contributed by atoms with Gasteiger partial charge in [-0.1, -0.05) is 6.07 Å². The van der Waals surface area contributed by atoms with E-state index in [4.69, 9.17) is 0 Å². The number of anilines is 1. The van der Waals surface area contributed by atoms with Crippen LogP contribution < -0.4 is 10.6 Å². The van der Waals surface area contributed by atoms with Crippen LogP contribution in [-0.2, 0) is 6.54 Å². The molecule has 20 heavy (non-hydrogen) atoms. The second-order valence-electron chi connectivity index (χ2n) is 3.97. The Kier molecular flexibility index (Phi) is 4.19. The van der Waals surface area contributed by atoms with Gasteiger partial charge < -0.3 is 10.6 Å². The van der Waals surface area contributed by atoms with Crippen molar-refractivity contribution in [3.05, 3.63) is 53.5 Å². The summed E-state index contributed by atoms with van der Waals surface area (Å²) in [5, 5.41) is 5.32. The first kappa shape index (κ1) is 13.9. The molecule has 0 unspecified atom stereocenters. The highest BCUT2D eigenvalue weighted by Crippen LogP contribution is 2.08.